The number of hydrogen-bond donors (Lipinski definition) is 0. The van der Waals surface area contributed by atoms with Gasteiger partial charge < -0.3 is 0 Å². The van der Waals surface area contributed by atoms with Crippen LogP contribution in [0.2, 0.25) is 0 Å². The summed E-state index contributed by atoms with van der Waals surface area (Å²) < 4.78 is 0. The molecule has 0 aliphatic heterocycles. The monoisotopic (exact) mass is 134 g/mol. The molecule has 0 amide bonds. The van der Waals surface area contributed by atoms with Gasteiger partial charge in [-0.15, -0.1) is 0 Å². The van der Waals surface area contributed by atoms with Gasteiger partial charge >= 0.3 is 0 Å². The van der Waals surface area contributed by atoms with Crippen molar-refractivity contribution in [3.63, 3.8) is 0 Å². The zero-order valence-electron chi connectivity index (χ0n) is 6.56. The van der Waals surface area contributed by atoms with E-state index in [9.17, 15) is 0 Å². The fourth-order valence-corrected chi connectivity index (χ4v) is 1.45. The summed E-state index contributed by atoms with van der Waals surface area (Å²) in [5, 5.41) is 0. The second-order valence-electron chi connectivity index (χ2n) is 2.90. The lowest BCUT2D eigenvalue weighted by molar-refractivity contribution is 0.697. The number of rotatable bonds is 1. The Morgan fingerprint density at radius 3 is 2.70 bits per heavy atom. The van der Waals surface area contributed by atoms with E-state index < -0.39 is 0 Å². The van der Waals surface area contributed by atoms with Crippen LogP contribution in [0.5, 0.6) is 0 Å². The summed E-state index contributed by atoms with van der Waals surface area (Å²) in [4.78, 5) is 0. The van der Waals surface area contributed by atoms with Crippen LogP contribution < -0.4 is 0 Å². The van der Waals surface area contributed by atoms with Gasteiger partial charge in [0, 0.05) is 0 Å². The maximum atomic E-state index is 3.99. The molecule has 0 bridgehead atoms. The lowest BCUT2D eigenvalue weighted by Gasteiger charge is -2.02. The van der Waals surface area contributed by atoms with Crippen molar-refractivity contribution >= 4 is 0 Å². The minimum Gasteiger partial charge on any atom is -0.0991 e. The van der Waals surface area contributed by atoms with Gasteiger partial charge in [0.1, 0.15) is 0 Å². The molecule has 0 heterocycles. The third kappa shape index (κ3) is 1.21. The Morgan fingerprint density at radius 1 is 1.60 bits per heavy atom. The minimum absolute atomic E-state index is 0.700. The SMILES string of the molecule is C=C/C=C1\C(=C)CCC1C. The molecule has 10 heavy (non-hydrogen) atoms. The van der Waals surface area contributed by atoms with Gasteiger partial charge in [-0.3, -0.25) is 0 Å². The fraction of sp³-hybridized carbons (Fsp3) is 0.400. The first kappa shape index (κ1) is 7.33. The molecule has 0 N–H and O–H groups in total. The Hall–Kier alpha value is -0.780. The first-order valence-electron chi connectivity index (χ1n) is 3.76. The van der Waals surface area contributed by atoms with Gasteiger partial charge in [-0.1, -0.05) is 37.8 Å². The van der Waals surface area contributed by atoms with Crippen molar-refractivity contribution in [2.45, 2.75) is 19.8 Å². The van der Waals surface area contributed by atoms with Crippen molar-refractivity contribution < 1.29 is 0 Å². The van der Waals surface area contributed by atoms with Crippen molar-refractivity contribution in [1.29, 1.82) is 0 Å². The Kier molecular flexibility index (Phi) is 2.10. The molecule has 0 spiro atoms. The Labute approximate surface area is 62.9 Å². The molecule has 1 aliphatic carbocycles. The molecule has 0 saturated heterocycles. The lowest BCUT2D eigenvalue weighted by atomic mass is 10.0. The lowest BCUT2D eigenvalue weighted by Crippen LogP contribution is -1.87. The highest BCUT2D eigenvalue weighted by atomic mass is 14.2. The summed E-state index contributed by atoms with van der Waals surface area (Å²) in [6.45, 7) is 9.91. The molecule has 0 heteroatoms. The Balaban J connectivity index is 2.81. The highest BCUT2D eigenvalue weighted by Gasteiger charge is 2.18. The highest BCUT2D eigenvalue weighted by Crippen LogP contribution is 2.34. The molecule has 1 rings (SSSR count). The second kappa shape index (κ2) is 2.87. The van der Waals surface area contributed by atoms with Crippen molar-refractivity contribution in [3.8, 4) is 0 Å². The fourth-order valence-electron chi connectivity index (χ4n) is 1.45. The van der Waals surface area contributed by atoms with E-state index in [-0.39, 0.29) is 0 Å². The summed E-state index contributed by atoms with van der Waals surface area (Å²) in [7, 11) is 0. The summed E-state index contributed by atoms with van der Waals surface area (Å²) in [6, 6.07) is 0. The van der Waals surface area contributed by atoms with Crippen LogP contribution in [0.3, 0.4) is 0 Å². The van der Waals surface area contributed by atoms with E-state index >= 15 is 0 Å². The Morgan fingerprint density at radius 2 is 2.30 bits per heavy atom. The summed E-state index contributed by atoms with van der Waals surface area (Å²) in [6.07, 6.45) is 6.36. The first-order valence-corrected chi connectivity index (χ1v) is 3.76. The molecule has 0 aromatic rings. The minimum atomic E-state index is 0.700. The number of allylic oxidation sites excluding steroid dienone is 4. The van der Waals surface area contributed by atoms with Crippen LogP contribution >= 0.6 is 0 Å². The molecule has 0 radical (unpaired) electrons. The number of hydrogen-bond acceptors (Lipinski definition) is 0. The first-order chi connectivity index (χ1) is 4.75. The topological polar surface area (TPSA) is 0 Å². The molecular formula is C10H14. The van der Waals surface area contributed by atoms with E-state index in [1.54, 1.807) is 0 Å². The molecule has 0 aromatic carbocycles. The normalized spacial score (nSPS) is 29.5. The van der Waals surface area contributed by atoms with Gasteiger partial charge in [0.25, 0.3) is 0 Å². The summed E-state index contributed by atoms with van der Waals surface area (Å²) in [5.74, 6) is 0.700. The quantitative estimate of drug-likeness (QED) is 0.517. The van der Waals surface area contributed by atoms with E-state index in [0.29, 0.717) is 5.92 Å². The third-order valence-corrected chi connectivity index (χ3v) is 2.12. The molecule has 1 atom stereocenters. The van der Waals surface area contributed by atoms with Crippen molar-refractivity contribution in [2.75, 3.05) is 0 Å². The van der Waals surface area contributed by atoms with Crippen LogP contribution in [0.25, 0.3) is 0 Å². The van der Waals surface area contributed by atoms with Gasteiger partial charge in [0.05, 0.1) is 0 Å². The van der Waals surface area contributed by atoms with E-state index in [1.165, 1.54) is 24.0 Å². The van der Waals surface area contributed by atoms with Crippen LogP contribution in [0.4, 0.5) is 0 Å². The molecule has 1 unspecified atom stereocenters. The van der Waals surface area contributed by atoms with Crippen molar-refractivity contribution in [3.05, 3.63) is 36.5 Å². The second-order valence-corrected chi connectivity index (χ2v) is 2.90. The molecule has 54 valence electrons. The maximum Gasteiger partial charge on any atom is -0.0185 e. The van der Waals surface area contributed by atoms with E-state index in [1.807, 2.05) is 6.08 Å². The van der Waals surface area contributed by atoms with Gasteiger partial charge in [-0.05, 0) is 24.3 Å². The smallest absolute Gasteiger partial charge is 0.0185 e. The molecule has 1 fully saturated rings. The summed E-state index contributed by atoms with van der Waals surface area (Å²) >= 11 is 0. The largest absolute Gasteiger partial charge is 0.0991 e. The van der Waals surface area contributed by atoms with Crippen molar-refractivity contribution in [1.82, 2.24) is 0 Å². The predicted molar refractivity (Wildman–Crippen MR) is 45.8 cm³/mol. The van der Waals surface area contributed by atoms with Crippen LogP contribution in [-0.2, 0) is 0 Å². The van der Waals surface area contributed by atoms with Gasteiger partial charge in [-0.25, -0.2) is 0 Å². The maximum absolute atomic E-state index is 3.99. The standard InChI is InChI=1S/C10H14/c1-4-5-10-8(2)6-7-9(10)3/h4-5,9H,1-2,6-7H2,3H3/b10-5+. The third-order valence-electron chi connectivity index (χ3n) is 2.12. The van der Waals surface area contributed by atoms with Gasteiger partial charge in [-0.2, -0.15) is 0 Å². The molecular weight excluding hydrogens is 120 g/mol. The van der Waals surface area contributed by atoms with Crippen LogP contribution in [-0.4, -0.2) is 0 Å². The van der Waals surface area contributed by atoms with E-state index in [2.05, 4.69) is 26.2 Å². The van der Waals surface area contributed by atoms with Gasteiger partial charge in [0.15, 0.2) is 0 Å². The van der Waals surface area contributed by atoms with Crippen molar-refractivity contribution in [2.24, 2.45) is 5.92 Å². The zero-order chi connectivity index (χ0) is 7.56. The average molecular weight is 134 g/mol. The van der Waals surface area contributed by atoms with Crippen LogP contribution in [0.15, 0.2) is 36.5 Å². The highest BCUT2D eigenvalue weighted by molar-refractivity contribution is 5.36. The molecule has 0 aromatic heterocycles. The van der Waals surface area contributed by atoms with E-state index in [4.69, 9.17) is 0 Å². The van der Waals surface area contributed by atoms with Crippen LogP contribution in [0.1, 0.15) is 19.8 Å². The van der Waals surface area contributed by atoms with Crippen LogP contribution in [0, 0.1) is 5.92 Å². The molecule has 1 aliphatic rings. The Bertz CT molecular complexity index is 184. The van der Waals surface area contributed by atoms with E-state index in [0.717, 1.165) is 0 Å². The predicted octanol–water partition coefficient (Wildman–Crippen LogP) is 3.08. The average Bonchev–Trinajstić information content (AvgIpc) is 2.20. The molecule has 1 saturated carbocycles. The zero-order valence-corrected chi connectivity index (χ0v) is 6.56. The van der Waals surface area contributed by atoms with Gasteiger partial charge in [0.2, 0.25) is 0 Å². The summed E-state index contributed by atoms with van der Waals surface area (Å²) in [5.41, 5.74) is 2.70. The molecule has 0 nitrogen and oxygen atoms in total.